The molecule has 1 amide bonds. The Labute approximate surface area is 211 Å². The molecule has 37 heavy (non-hydrogen) atoms. The van der Waals surface area contributed by atoms with Crippen molar-refractivity contribution in [2.24, 2.45) is 7.05 Å². The zero-order valence-electron chi connectivity index (χ0n) is 18.5. The summed E-state index contributed by atoms with van der Waals surface area (Å²) in [5, 5.41) is 10.5. The number of hydrogen-bond donors (Lipinski definition) is 2. The molecule has 0 radical (unpaired) electrons. The van der Waals surface area contributed by atoms with E-state index in [1.54, 1.807) is 0 Å². The summed E-state index contributed by atoms with van der Waals surface area (Å²) in [6, 6.07) is 6.01. The second-order valence-electron chi connectivity index (χ2n) is 8.39. The van der Waals surface area contributed by atoms with E-state index in [1.807, 2.05) is 6.07 Å². The molecule has 1 aromatic carbocycles. The van der Waals surface area contributed by atoms with Crippen molar-refractivity contribution in [2.75, 3.05) is 0 Å². The first-order valence-corrected chi connectivity index (χ1v) is 11.2. The number of benzene rings is 1. The van der Waals surface area contributed by atoms with Crippen LogP contribution in [0.5, 0.6) is 0 Å². The number of nitriles is 1. The van der Waals surface area contributed by atoms with Crippen LogP contribution in [-0.2, 0) is 18.6 Å². The molecule has 0 saturated heterocycles. The second-order valence-corrected chi connectivity index (χ2v) is 9.59. The van der Waals surface area contributed by atoms with E-state index < -0.39 is 51.9 Å². The van der Waals surface area contributed by atoms with Crippen LogP contribution >= 0.6 is 20.8 Å². The normalized spacial score (nSPS) is 16.7. The molecule has 2 unspecified atom stereocenters. The maximum absolute atomic E-state index is 14.6. The number of hydrogen-bond acceptors (Lipinski definition) is 4. The molecule has 1 aliphatic carbocycles. The number of carbonyl (C=O) groups excluding carboxylic acids is 1. The SMILES string of the molecule is Cn1nc(C(F)(P)C(F)(F)F)c(C(F)(F)F)c1-c1cnc(-c2ccc(Cl)c(C(=O)NC3(C#N)CC3)c2)[nH]1. The highest BCUT2D eigenvalue weighted by molar-refractivity contribution is 7.18. The summed E-state index contributed by atoms with van der Waals surface area (Å²) >= 11 is 6.11. The van der Waals surface area contributed by atoms with Crippen LogP contribution in [-0.4, -0.2) is 37.4 Å². The van der Waals surface area contributed by atoms with Gasteiger partial charge in [-0.2, -0.15) is 36.7 Å². The first-order chi connectivity index (χ1) is 17.0. The molecule has 2 N–H and O–H groups in total. The summed E-state index contributed by atoms with van der Waals surface area (Å²) in [6.07, 6.45) is -9.27. The molecule has 1 fully saturated rings. The van der Waals surface area contributed by atoms with E-state index in [0.29, 0.717) is 17.5 Å². The van der Waals surface area contributed by atoms with E-state index in [1.165, 1.54) is 18.2 Å². The zero-order chi connectivity index (χ0) is 27.6. The molecule has 4 rings (SSSR count). The van der Waals surface area contributed by atoms with E-state index >= 15 is 0 Å². The summed E-state index contributed by atoms with van der Waals surface area (Å²) < 4.78 is 96.4. The number of aryl methyl sites for hydroxylation is 1. The Morgan fingerprint density at radius 2 is 1.89 bits per heavy atom. The molecule has 0 spiro atoms. The van der Waals surface area contributed by atoms with Crippen LogP contribution in [0.15, 0.2) is 24.4 Å². The number of nitrogens with zero attached hydrogens (tertiary/aromatic N) is 4. The summed E-state index contributed by atoms with van der Waals surface area (Å²) in [5.41, 5.74) is -5.92. The van der Waals surface area contributed by atoms with Crippen LogP contribution in [0.3, 0.4) is 0 Å². The Bertz CT molecular complexity index is 1430. The van der Waals surface area contributed by atoms with Crippen LogP contribution in [0.4, 0.5) is 30.7 Å². The fourth-order valence-corrected chi connectivity index (χ4v) is 4.01. The zero-order valence-corrected chi connectivity index (χ0v) is 20.4. The number of amides is 1. The van der Waals surface area contributed by atoms with E-state index in [-0.39, 0.29) is 22.0 Å². The van der Waals surface area contributed by atoms with Crippen LogP contribution in [0.2, 0.25) is 5.02 Å². The predicted octanol–water partition coefficient (Wildman–Crippen LogP) is 5.50. The quantitative estimate of drug-likeness (QED) is 0.315. The van der Waals surface area contributed by atoms with Gasteiger partial charge < -0.3 is 10.3 Å². The Morgan fingerprint density at radius 3 is 2.43 bits per heavy atom. The van der Waals surface area contributed by atoms with Gasteiger partial charge in [-0.05, 0) is 31.0 Å². The molecule has 1 aliphatic rings. The lowest BCUT2D eigenvalue weighted by Crippen LogP contribution is -2.35. The molecule has 3 aromatic rings. The van der Waals surface area contributed by atoms with Gasteiger partial charge in [0.05, 0.1) is 34.2 Å². The van der Waals surface area contributed by atoms with Gasteiger partial charge in [-0.15, -0.1) is 0 Å². The lowest BCUT2D eigenvalue weighted by atomic mass is 10.1. The molecule has 2 atom stereocenters. The number of halogens is 8. The summed E-state index contributed by atoms with van der Waals surface area (Å²) in [6.45, 7) is 0. The van der Waals surface area contributed by atoms with E-state index in [2.05, 4.69) is 20.4 Å². The minimum atomic E-state index is -5.70. The number of nitrogens with one attached hydrogen (secondary N) is 2. The van der Waals surface area contributed by atoms with E-state index in [0.717, 1.165) is 22.5 Å². The van der Waals surface area contributed by atoms with Gasteiger partial charge in [-0.1, -0.05) is 20.8 Å². The maximum Gasteiger partial charge on any atom is 0.431 e. The molecule has 2 aromatic heterocycles. The van der Waals surface area contributed by atoms with Crippen molar-refractivity contribution in [1.29, 1.82) is 5.26 Å². The van der Waals surface area contributed by atoms with Crippen LogP contribution in [0.1, 0.15) is 34.5 Å². The third kappa shape index (κ3) is 4.78. The Hall–Kier alpha value is -3.17. The third-order valence-corrected chi connectivity index (χ3v) is 6.65. The monoisotopic (exact) mass is 566 g/mol. The van der Waals surface area contributed by atoms with Gasteiger partial charge in [-0.3, -0.25) is 9.48 Å². The van der Waals surface area contributed by atoms with E-state index in [9.17, 15) is 40.8 Å². The van der Waals surface area contributed by atoms with Crippen molar-refractivity contribution in [3.8, 4) is 28.8 Å². The summed E-state index contributed by atoms with van der Waals surface area (Å²) in [4.78, 5) is 19.1. The second kappa shape index (κ2) is 8.70. The third-order valence-electron chi connectivity index (χ3n) is 5.72. The molecule has 2 heterocycles. The number of H-pyrrole nitrogens is 1. The van der Waals surface area contributed by atoms with Crippen LogP contribution < -0.4 is 5.32 Å². The van der Waals surface area contributed by atoms with Crippen molar-refractivity contribution >= 4 is 26.7 Å². The van der Waals surface area contributed by atoms with Gasteiger partial charge in [0.2, 0.25) is 0 Å². The molecular weight excluding hydrogens is 552 g/mol. The fraction of sp³-hybridized carbons (Fsp3) is 0.333. The molecule has 0 aliphatic heterocycles. The first kappa shape index (κ1) is 26.9. The van der Waals surface area contributed by atoms with Crippen molar-refractivity contribution < 1.29 is 35.5 Å². The van der Waals surface area contributed by atoms with Crippen LogP contribution in [0, 0.1) is 11.3 Å². The fourth-order valence-electron chi connectivity index (χ4n) is 3.60. The van der Waals surface area contributed by atoms with Crippen molar-refractivity contribution in [3.63, 3.8) is 0 Å². The largest absolute Gasteiger partial charge is 0.431 e. The molecular formula is C21H15ClF7N6OP. The molecule has 7 nitrogen and oxygen atoms in total. The average molecular weight is 567 g/mol. The number of aromatic nitrogens is 4. The van der Waals surface area contributed by atoms with Gasteiger partial charge in [0.1, 0.15) is 22.6 Å². The Balaban J connectivity index is 1.77. The van der Waals surface area contributed by atoms with E-state index in [4.69, 9.17) is 11.6 Å². The summed E-state index contributed by atoms with van der Waals surface area (Å²) in [5.74, 6) is -0.716. The number of carbonyl (C=O) groups is 1. The van der Waals surface area contributed by atoms with Crippen LogP contribution in [0.25, 0.3) is 22.8 Å². The van der Waals surface area contributed by atoms with Gasteiger partial charge >= 0.3 is 12.4 Å². The van der Waals surface area contributed by atoms with Gasteiger partial charge in [0.15, 0.2) is 0 Å². The molecule has 1 saturated carbocycles. The summed E-state index contributed by atoms with van der Waals surface area (Å²) in [7, 11) is 1.67. The molecule has 16 heteroatoms. The lowest BCUT2D eigenvalue weighted by Gasteiger charge is -2.23. The lowest BCUT2D eigenvalue weighted by molar-refractivity contribution is -0.202. The molecule has 0 bridgehead atoms. The Kier molecular flexibility index (Phi) is 6.32. The highest BCUT2D eigenvalue weighted by Gasteiger charge is 2.59. The smallest absolute Gasteiger partial charge is 0.337 e. The van der Waals surface area contributed by atoms with Crippen molar-refractivity contribution in [3.05, 3.63) is 46.2 Å². The standard InChI is InChI=1S/C21H15ClF7N6OP/c1-35-14(13(20(24,25)26)15(34-35)19(23,37)21(27,28)29)12-7-31-16(32-12)9-2-3-11(22)10(6-9)17(36)33-18(8-30)4-5-18/h2-3,6-7H,4-5,37H2,1H3,(H,31,32)(H,33,36). The molecule has 196 valence electrons. The van der Waals surface area contributed by atoms with Gasteiger partial charge in [0, 0.05) is 12.6 Å². The average Bonchev–Trinajstić information content (AvgIpc) is 3.21. The van der Waals surface area contributed by atoms with Gasteiger partial charge in [-0.25, -0.2) is 9.37 Å². The minimum Gasteiger partial charge on any atom is -0.337 e. The first-order valence-electron chi connectivity index (χ1n) is 10.3. The number of rotatable bonds is 5. The van der Waals surface area contributed by atoms with Crippen molar-refractivity contribution in [1.82, 2.24) is 25.1 Å². The van der Waals surface area contributed by atoms with Gasteiger partial charge in [0.25, 0.3) is 11.3 Å². The number of aromatic amines is 1. The maximum atomic E-state index is 14.6. The minimum absolute atomic E-state index is 0.0317. The Morgan fingerprint density at radius 1 is 1.24 bits per heavy atom. The predicted molar refractivity (Wildman–Crippen MR) is 120 cm³/mol. The highest BCUT2D eigenvalue weighted by atomic mass is 35.5. The topological polar surface area (TPSA) is 99.4 Å². The number of imidazole rings is 1. The number of alkyl halides is 7. The van der Waals surface area contributed by atoms with Crippen molar-refractivity contribution in [2.45, 2.75) is 36.1 Å². The highest BCUT2D eigenvalue weighted by Crippen LogP contribution is 2.52.